The number of nitrogens with zero attached hydrogens (tertiary/aromatic N) is 2. The highest BCUT2D eigenvalue weighted by Crippen LogP contribution is 2.56. The summed E-state index contributed by atoms with van der Waals surface area (Å²) in [7, 11) is 0. The number of carbonyl (C=O) groups excluding carboxylic acids is 1. The van der Waals surface area contributed by atoms with E-state index >= 15 is 0 Å². The van der Waals surface area contributed by atoms with Crippen LogP contribution < -0.4 is 10.1 Å². The van der Waals surface area contributed by atoms with E-state index in [9.17, 15) is 18.0 Å². The number of urea groups is 1. The SMILES string of the molecule is Cc1cc(NC(=O)N2CCC3(CC2)CC(c2cccc(OC(F)(F)F)c2)C3)on1. The molecule has 2 fully saturated rings. The number of aryl methyl sites for hydroxylation is 1. The van der Waals surface area contributed by atoms with Crippen molar-refractivity contribution in [3.63, 3.8) is 0 Å². The van der Waals surface area contributed by atoms with Crippen LogP contribution in [0.4, 0.5) is 23.8 Å². The molecule has 2 aromatic rings. The molecule has 0 unspecified atom stereocenters. The number of hydrogen-bond acceptors (Lipinski definition) is 4. The molecule has 9 heteroatoms. The molecule has 2 heterocycles. The number of alkyl halides is 3. The number of rotatable bonds is 3. The summed E-state index contributed by atoms with van der Waals surface area (Å²) >= 11 is 0. The van der Waals surface area contributed by atoms with Crippen molar-refractivity contribution in [2.75, 3.05) is 18.4 Å². The van der Waals surface area contributed by atoms with Gasteiger partial charge < -0.3 is 14.2 Å². The van der Waals surface area contributed by atoms with Crippen LogP contribution in [-0.4, -0.2) is 35.5 Å². The molecule has 1 aromatic heterocycles. The van der Waals surface area contributed by atoms with Crippen molar-refractivity contribution >= 4 is 11.9 Å². The Balaban J connectivity index is 1.29. The number of carbonyl (C=O) groups is 1. The Morgan fingerprint density at radius 2 is 2.00 bits per heavy atom. The quantitative estimate of drug-likeness (QED) is 0.768. The van der Waals surface area contributed by atoms with Crippen LogP contribution in [0.25, 0.3) is 0 Å². The zero-order valence-electron chi connectivity index (χ0n) is 16.0. The molecule has 0 bridgehead atoms. The predicted octanol–water partition coefficient (Wildman–Crippen LogP) is 5.07. The second-order valence-corrected chi connectivity index (χ2v) is 7.98. The third kappa shape index (κ3) is 4.49. The number of amides is 2. The molecule has 1 saturated carbocycles. The van der Waals surface area contributed by atoms with Crippen LogP contribution in [0.3, 0.4) is 0 Å². The lowest BCUT2D eigenvalue weighted by Gasteiger charge is -2.52. The minimum absolute atomic E-state index is 0.158. The van der Waals surface area contributed by atoms with Crippen LogP contribution in [0.5, 0.6) is 5.75 Å². The molecular weight excluding hydrogens is 387 g/mol. The first-order valence-corrected chi connectivity index (χ1v) is 9.56. The van der Waals surface area contributed by atoms with E-state index in [2.05, 4.69) is 15.2 Å². The minimum atomic E-state index is -4.68. The number of likely N-dealkylation sites (tertiary alicyclic amines) is 1. The Morgan fingerprint density at radius 1 is 1.28 bits per heavy atom. The third-order valence-electron chi connectivity index (χ3n) is 5.89. The monoisotopic (exact) mass is 409 g/mol. The number of aromatic nitrogens is 1. The average Bonchev–Trinajstić information content (AvgIpc) is 3.03. The van der Waals surface area contributed by atoms with Crippen molar-refractivity contribution in [3.8, 4) is 5.75 Å². The van der Waals surface area contributed by atoms with E-state index in [-0.39, 0.29) is 23.1 Å². The van der Waals surface area contributed by atoms with E-state index in [0.29, 0.717) is 24.7 Å². The molecule has 1 aliphatic heterocycles. The molecule has 4 rings (SSSR count). The number of benzene rings is 1. The maximum atomic E-state index is 12.4. The third-order valence-corrected chi connectivity index (χ3v) is 5.89. The van der Waals surface area contributed by atoms with Crippen molar-refractivity contribution in [1.82, 2.24) is 10.1 Å². The standard InChI is InChI=1S/C20H22F3N3O3/c1-13-9-17(29-25-13)24-18(27)26-7-5-19(6-8-26)11-15(12-19)14-3-2-4-16(10-14)28-20(21,22)23/h2-4,9-10,15H,5-8,11-12H2,1H3,(H,24,27). The molecule has 6 nitrogen and oxygen atoms in total. The van der Waals surface area contributed by atoms with Gasteiger partial charge in [0.2, 0.25) is 5.88 Å². The molecule has 29 heavy (non-hydrogen) atoms. The summed E-state index contributed by atoms with van der Waals surface area (Å²) in [6, 6.07) is 7.70. The highest BCUT2D eigenvalue weighted by atomic mass is 19.4. The van der Waals surface area contributed by atoms with Gasteiger partial charge >= 0.3 is 12.4 Å². The molecule has 1 aromatic carbocycles. The first-order chi connectivity index (χ1) is 13.7. The van der Waals surface area contributed by atoms with Crippen molar-refractivity contribution in [2.24, 2.45) is 5.41 Å². The number of piperidine rings is 1. The summed E-state index contributed by atoms with van der Waals surface area (Å²) in [6.45, 7) is 3.06. The van der Waals surface area contributed by atoms with Crippen LogP contribution in [0.2, 0.25) is 0 Å². The lowest BCUT2D eigenvalue weighted by Crippen LogP contribution is -2.49. The number of halogens is 3. The summed E-state index contributed by atoms with van der Waals surface area (Å²) in [5.74, 6) is 0.381. The smallest absolute Gasteiger partial charge is 0.406 e. The van der Waals surface area contributed by atoms with Crippen LogP contribution in [0.15, 0.2) is 34.9 Å². The Hall–Kier alpha value is -2.71. The normalized spacial score (nSPS) is 19.1. The summed E-state index contributed by atoms with van der Waals surface area (Å²) in [4.78, 5) is 14.1. The Kier molecular flexibility index (Phi) is 4.92. The second-order valence-electron chi connectivity index (χ2n) is 7.98. The Bertz CT molecular complexity index is 880. The zero-order chi connectivity index (χ0) is 20.6. The molecule has 0 radical (unpaired) electrons. The van der Waals surface area contributed by atoms with Gasteiger partial charge in [0.1, 0.15) is 5.75 Å². The Morgan fingerprint density at radius 3 is 2.62 bits per heavy atom. The van der Waals surface area contributed by atoms with Gasteiger partial charge in [0.05, 0.1) is 5.69 Å². The first kappa shape index (κ1) is 19.6. The van der Waals surface area contributed by atoms with Crippen molar-refractivity contribution in [1.29, 1.82) is 0 Å². The summed E-state index contributed by atoms with van der Waals surface area (Å²) in [6.07, 6.45) is -1.09. The molecule has 1 N–H and O–H groups in total. The number of ether oxygens (including phenoxy) is 1. The lowest BCUT2D eigenvalue weighted by molar-refractivity contribution is -0.274. The topological polar surface area (TPSA) is 67.6 Å². The van der Waals surface area contributed by atoms with Crippen LogP contribution >= 0.6 is 0 Å². The summed E-state index contributed by atoms with van der Waals surface area (Å²) in [5, 5.41) is 6.45. The maximum Gasteiger partial charge on any atom is 0.573 e. The molecule has 0 atom stereocenters. The first-order valence-electron chi connectivity index (χ1n) is 9.56. The van der Waals surface area contributed by atoms with Gasteiger partial charge in [-0.25, -0.2) is 4.79 Å². The van der Waals surface area contributed by atoms with Gasteiger partial charge in [0.15, 0.2) is 0 Å². The van der Waals surface area contributed by atoms with Gasteiger partial charge in [0, 0.05) is 19.2 Å². The predicted molar refractivity (Wildman–Crippen MR) is 98.6 cm³/mol. The van der Waals surface area contributed by atoms with Gasteiger partial charge in [-0.2, -0.15) is 0 Å². The largest absolute Gasteiger partial charge is 0.573 e. The van der Waals surface area contributed by atoms with Crippen LogP contribution in [-0.2, 0) is 0 Å². The van der Waals surface area contributed by atoms with Crippen LogP contribution in [0, 0.1) is 12.3 Å². The molecule has 1 spiro atoms. The summed E-state index contributed by atoms with van der Waals surface area (Å²) < 4.78 is 46.3. The highest BCUT2D eigenvalue weighted by Gasteiger charge is 2.47. The minimum Gasteiger partial charge on any atom is -0.406 e. The van der Waals surface area contributed by atoms with Gasteiger partial charge in [-0.1, -0.05) is 17.3 Å². The van der Waals surface area contributed by atoms with E-state index < -0.39 is 6.36 Å². The molecule has 2 amide bonds. The van der Waals surface area contributed by atoms with Crippen molar-refractivity contribution < 1.29 is 27.2 Å². The van der Waals surface area contributed by atoms with Gasteiger partial charge in [-0.05, 0) is 61.6 Å². The molecule has 1 aliphatic carbocycles. The van der Waals surface area contributed by atoms with Crippen molar-refractivity contribution in [3.05, 3.63) is 41.6 Å². The fourth-order valence-corrected chi connectivity index (χ4v) is 4.39. The number of hydrogen-bond donors (Lipinski definition) is 1. The number of nitrogens with one attached hydrogen (secondary N) is 1. The number of anilines is 1. The average molecular weight is 409 g/mol. The van der Waals surface area contributed by atoms with E-state index in [0.717, 1.165) is 31.2 Å². The zero-order valence-corrected chi connectivity index (χ0v) is 16.0. The fraction of sp³-hybridized carbons (Fsp3) is 0.500. The maximum absolute atomic E-state index is 12.4. The fourth-order valence-electron chi connectivity index (χ4n) is 4.39. The Labute approximate surface area is 166 Å². The van der Waals surface area contributed by atoms with Crippen LogP contribution in [0.1, 0.15) is 42.9 Å². The lowest BCUT2D eigenvalue weighted by atomic mass is 9.56. The molecule has 156 valence electrons. The van der Waals surface area contributed by atoms with Gasteiger partial charge in [-0.15, -0.1) is 13.2 Å². The molecule has 1 saturated heterocycles. The molecular formula is C20H22F3N3O3. The van der Waals surface area contributed by atoms with E-state index in [1.165, 1.54) is 12.1 Å². The van der Waals surface area contributed by atoms with Crippen molar-refractivity contribution in [2.45, 2.75) is 44.9 Å². The van der Waals surface area contributed by atoms with Gasteiger partial charge in [-0.3, -0.25) is 5.32 Å². The van der Waals surface area contributed by atoms with Gasteiger partial charge in [0.25, 0.3) is 0 Å². The molecule has 2 aliphatic rings. The summed E-state index contributed by atoms with van der Waals surface area (Å²) in [5.41, 5.74) is 1.73. The highest BCUT2D eigenvalue weighted by molar-refractivity contribution is 5.87. The van der Waals surface area contributed by atoms with E-state index in [4.69, 9.17) is 4.52 Å². The second kappa shape index (κ2) is 7.27. The van der Waals surface area contributed by atoms with E-state index in [1.807, 2.05) is 6.07 Å². The van der Waals surface area contributed by atoms with E-state index in [1.54, 1.807) is 24.0 Å².